The Morgan fingerprint density at radius 1 is 0.844 bits per heavy atom. The number of benzene rings is 3. The van der Waals surface area contributed by atoms with E-state index in [1.54, 1.807) is 6.92 Å². The molecule has 0 saturated carbocycles. The van der Waals surface area contributed by atoms with E-state index < -0.39 is 10.0 Å². The molecule has 0 radical (unpaired) electrons. The fraction of sp³-hybridized carbons (Fsp3) is 0.240. The highest BCUT2D eigenvalue weighted by Crippen LogP contribution is 2.20. The Hall–Kier alpha value is -3.16. The molecule has 0 aromatic heterocycles. The highest BCUT2D eigenvalue weighted by Gasteiger charge is 2.18. The molecular formula is C25H28N2O4S. The fourth-order valence-electron chi connectivity index (χ4n) is 3.12. The van der Waals surface area contributed by atoms with E-state index in [9.17, 15) is 13.2 Å². The van der Waals surface area contributed by atoms with Gasteiger partial charge in [0, 0.05) is 11.7 Å². The van der Waals surface area contributed by atoms with Gasteiger partial charge in [-0.2, -0.15) is 0 Å². The average Bonchev–Trinajstić information content (AvgIpc) is 2.78. The Labute approximate surface area is 189 Å². The van der Waals surface area contributed by atoms with Gasteiger partial charge >= 0.3 is 0 Å². The summed E-state index contributed by atoms with van der Waals surface area (Å²) < 4.78 is 33.4. The largest absolute Gasteiger partial charge is 0.484 e. The fourth-order valence-corrected chi connectivity index (χ4v) is 4.35. The molecule has 32 heavy (non-hydrogen) atoms. The lowest BCUT2D eigenvalue weighted by molar-refractivity contribution is -0.118. The molecule has 1 atom stereocenters. The van der Waals surface area contributed by atoms with Crippen LogP contribution in [0.15, 0.2) is 83.8 Å². The number of ether oxygens (including phenoxy) is 1. The highest BCUT2D eigenvalue weighted by molar-refractivity contribution is 7.89. The third-order valence-electron chi connectivity index (χ3n) is 5.00. The quantitative estimate of drug-likeness (QED) is 0.485. The molecule has 1 amide bonds. The van der Waals surface area contributed by atoms with Crippen molar-refractivity contribution in [1.82, 2.24) is 4.72 Å². The van der Waals surface area contributed by atoms with Crippen molar-refractivity contribution < 1.29 is 17.9 Å². The van der Waals surface area contributed by atoms with Crippen molar-refractivity contribution in [3.63, 3.8) is 0 Å². The van der Waals surface area contributed by atoms with Gasteiger partial charge in [-0.25, -0.2) is 13.1 Å². The summed E-state index contributed by atoms with van der Waals surface area (Å²) in [5, 5.41) is 2.78. The highest BCUT2D eigenvalue weighted by atomic mass is 32.2. The van der Waals surface area contributed by atoms with Crippen molar-refractivity contribution in [1.29, 1.82) is 0 Å². The minimum atomic E-state index is -3.69. The standard InChI is InChI=1S/C25H28N2O4S/c1-18(2)20-9-11-22(12-10-20)26-25(28)17-31-23-13-15-24(16-14-23)32(29,30)27-19(3)21-7-5-4-6-8-21/h4-16,18-19,27H,17H2,1-3H3,(H,26,28). The van der Waals surface area contributed by atoms with Crippen LogP contribution in [0.25, 0.3) is 0 Å². The van der Waals surface area contributed by atoms with Crippen LogP contribution < -0.4 is 14.8 Å². The van der Waals surface area contributed by atoms with E-state index in [2.05, 4.69) is 23.9 Å². The first-order valence-electron chi connectivity index (χ1n) is 10.4. The smallest absolute Gasteiger partial charge is 0.262 e. The molecule has 3 rings (SSSR count). The summed E-state index contributed by atoms with van der Waals surface area (Å²) in [5.74, 6) is 0.536. The molecule has 1 unspecified atom stereocenters. The molecule has 2 N–H and O–H groups in total. The topological polar surface area (TPSA) is 84.5 Å². The summed E-state index contributed by atoms with van der Waals surface area (Å²) in [6.07, 6.45) is 0. The first-order valence-corrected chi connectivity index (χ1v) is 11.9. The van der Waals surface area contributed by atoms with Gasteiger partial charge in [0.05, 0.1) is 4.90 Å². The normalized spacial score (nSPS) is 12.4. The molecule has 0 aliphatic rings. The van der Waals surface area contributed by atoms with Crippen molar-refractivity contribution in [3.05, 3.63) is 90.0 Å². The number of hydrogen-bond acceptors (Lipinski definition) is 4. The van der Waals surface area contributed by atoms with Crippen LogP contribution in [0.3, 0.4) is 0 Å². The Balaban J connectivity index is 1.54. The monoisotopic (exact) mass is 452 g/mol. The summed E-state index contributed by atoms with van der Waals surface area (Å²) in [5.41, 5.74) is 2.77. The molecule has 0 spiro atoms. The second-order valence-electron chi connectivity index (χ2n) is 7.84. The molecule has 168 valence electrons. The molecule has 0 heterocycles. The van der Waals surface area contributed by atoms with Crippen LogP contribution in [-0.2, 0) is 14.8 Å². The lowest BCUT2D eigenvalue weighted by Gasteiger charge is -2.15. The first-order chi connectivity index (χ1) is 15.2. The molecule has 0 saturated heterocycles. The first kappa shape index (κ1) is 23.5. The van der Waals surface area contributed by atoms with E-state index >= 15 is 0 Å². The number of nitrogens with one attached hydrogen (secondary N) is 2. The number of carbonyl (C=O) groups is 1. The maximum Gasteiger partial charge on any atom is 0.262 e. The van der Waals surface area contributed by atoms with Gasteiger partial charge in [-0.15, -0.1) is 0 Å². The molecule has 0 aliphatic carbocycles. The minimum Gasteiger partial charge on any atom is -0.484 e. The lowest BCUT2D eigenvalue weighted by atomic mass is 10.0. The lowest BCUT2D eigenvalue weighted by Crippen LogP contribution is -2.26. The average molecular weight is 453 g/mol. The Bertz CT molecular complexity index is 1130. The van der Waals surface area contributed by atoms with E-state index in [4.69, 9.17) is 4.74 Å². The summed E-state index contributed by atoms with van der Waals surface area (Å²) in [6, 6.07) is 22.6. The Morgan fingerprint density at radius 3 is 2.06 bits per heavy atom. The molecule has 3 aromatic rings. The van der Waals surface area contributed by atoms with Crippen LogP contribution in [0.2, 0.25) is 0 Å². The van der Waals surface area contributed by atoms with E-state index in [1.165, 1.54) is 29.8 Å². The molecular weight excluding hydrogens is 424 g/mol. The van der Waals surface area contributed by atoms with Crippen molar-refractivity contribution in [2.75, 3.05) is 11.9 Å². The van der Waals surface area contributed by atoms with Crippen molar-refractivity contribution >= 4 is 21.6 Å². The zero-order valence-electron chi connectivity index (χ0n) is 18.4. The van der Waals surface area contributed by atoms with E-state index in [1.807, 2.05) is 54.6 Å². The van der Waals surface area contributed by atoms with Crippen LogP contribution in [-0.4, -0.2) is 20.9 Å². The molecule has 6 nitrogen and oxygen atoms in total. The number of rotatable bonds is 9. The number of carbonyl (C=O) groups excluding carboxylic acids is 1. The van der Waals surface area contributed by atoms with E-state index in [0.29, 0.717) is 17.4 Å². The predicted molar refractivity (Wildman–Crippen MR) is 126 cm³/mol. The van der Waals surface area contributed by atoms with Crippen LogP contribution >= 0.6 is 0 Å². The van der Waals surface area contributed by atoms with Crippen LogP contribution in [0, 0.1) is 0 Å². The van der Waals surface area contributed by atoms with E-state index in [0.717, 1.165) is 5.56 Å². The summed E-state index contributed by atoms with van der Waals surface area (Å²) in [6.45, 7) is 5.83. The van der Waals surface area contributed by atoms with Gasteiger partial charge in [-0.3, -0.25) is 4.79 Å². The molecule has 0 aliphatic heterocycles. The van der Waals surface area contributed by atoms with E-state index in [-0.39, 0.29) is 23.5 Å². The third-order valence-corrected chi connectivity index (χ3v) is 6.55. The zero-order valence-corrected chi connectivity index (χ0v) is 19.2. The molecule has 0 fully saturated rings. The van der Waals surface area contributed by atoms with Gasteiger partial charge in [0.1, 0.15) is 5.75 Å². The Morgan fingerprint density at radius 2 is 1.47 bits per heavy atom. The van der Waals surface area contributed by atoms with Crippen molar-refractivity contribution in [2.45, 2.75) is 37.6 Å². The summed E-state index contributed by atoms with van der Waals surface area (Å²) in [7, 11) is -3.69. The maximum atomic E-state index is 12.6. The summed E-state index contributed by atoms with van der Waals surface area (Å²) in [4.78, 5) is 12.3. The zero-order chi connectivity index (χ0) is 23.1. The second kappa shape index (κ2) is 10.4. The molecule has 3 aromatic carbocycles. The van der Waals surface area contributed by atoms with Gasteiger partial charge in [-0.05, 0) is 60.4 Å². The van der Waals surface area contributed by atoms with Crippen LogP contribution in [0.1, 0.15) is 43.9 Å². The number of sulfonamides is 1. The number of amides is 1. The third kappa shape index (κ3) is 6.42. The predicted octanol–water partition coefficient (Wildman–Crippen LogP) is 4.87. The summed E-state index contributed by atoms with van der Waals surface area (Å²) >= 11 is 0. The number of anilines is 1. The van der Waals surface area contributed by atoms with Gasteiger partial charge in [0.2, 0.25) is 10.0 Å². The van der Waals surface area contributed by atoms with Gasteiger partial charge < -0.3 is 10.1 Å². The van der Waals surface area contributed by atoms with Gasteiger partial charge in [0.25, 0.3) is 5.91 Å². The van der Waals surface area contributed by atoms with Gasteiger partial charge in [-0.1, -0.05) is 56.3 Å². The second-order valence-corrected chi connectivity index (χ2v) is 9.55. The molecule has 0 bridgehead atoms. The molecule has 7 heteroatoms. The number of hydrogen-bond donors (Lipinski definition) is 2. The SMILES string of the molecule is CC(C)c1ccc(NC(=O)COc2ccc(S(=O)(=O)NC(C)c3ccccc3)cc2)cc1. The van der Waals surface area contributed by atoms with Crippen molar-refractivity contribution in [2.24, 2.45) is 0 Å². The van der Waals surface area contributed by atoms with Crippen LogP contribution in [0.4, 0.5) is 5.69 Å². The Kier molecular flexibility index (Phi) is 7.66. The van der Waals surface area contributed by atoms with Crippen LogP contribution in [0.5, 0.6) is 5.75 Å². The van der Waals surface area contributed by atoms with Crippen molar-refractivity contribution in [3.8, 4) is 5.75 Å². The van der Waals surface area contributed by atoms with Gasteiger partial charge in [0.15, 0.2) is 6.61 Å². The minimum absolute atomic E-state index is 0.127. The maximum absolute atomic E-state index is 12.6.